The third-order valence-corrected chi connectivity index (χ3v) is 9.22. The Morgan fingerprint density at radius 2 is 1.49 bits per heavy atom. The fourth-order valence-electron chi connectivity index (χ4n) is 5.92. The number of rotatable bonds is 6. The summed E-state index contributed by atoms with van der Waals surface area (Å²) in [5.74, 6) is -0.141. The first-order valence-electron chi connectivity index (χ1n) is 13.5. The van der Waals surface area contributed by atoms with Crippen molar-refractivity contribution in [2.75, 3.05) is 6.67 Å². The zero-order valence-corrected chi connectivity index (χ0v) is 25.6. The molecular weight excluding hydrogens is 652 g/mol. The van der Waals surface area contributed by atoms with Crippen LogP contribution in [0.15, 0.2) is 124 Å². The SMILES string of the molecule is Fc1c(Br)c(Cl)c2c3c1OC(Cl)=CN(Cc1cncn1C(c1ccccc1)(c1ccccc1)c1ccccc1)C=3NCN=2. The Morgan fingerprint density at radius 1 is 0.907 bits per heavy atom. The molecule has 0 saturated carbocycles. The summed E-state index contributed by atoms with van der Waals surface area (Å²) < 4.78 is 23.5. The predicted octanol–water partition coefficient (Wildman–Crippen LogP) is 6.46. The maximum atomic E-state index is 15.4. The van der Waals surface area contributed by atoms with E-state index in [1.165, 1.54) is 0 Å². The van der Waals surface area contributed by atoms with Gasteiger partial charge >= 0.3 is 0 Å². The molecule has 1 aromatic heterocycles. The Balaban J connectivity index is 1.47. The largest absolute Gasteiger partial charge is 0.440 e. The minimum Gasteiger partial charge on any atom is -0.440 e. The van der Waals surface area contributed by atoms with Crippen molar-refractivity contribution in [3.8, 4) is 5.75 Å². The van der Waals surface area contributed by atoms with E-state index in [0.717, 1.165) is 22.4 Å². The molecule has 43 heavy (non-hydrogen) atoms. The van der Waals surface area contributed by atoms with Gasteiger partial charge in [-0.3, -0.25) is 4.99 Å². The van der Waals surface area contributed by atoms with Crippen LogP contribution in [0.2, 0.25) is 5.02 Å². The van der Waals surface area contributed by atoms with E-state index < -0.39 is 11.4 Å². The van der Waals surface area contributed by atoms with Crippen LogP contribution in [0.5, 0.6) is 5.75 Å². The van der Waals surface area contributed by atoms with Crippen LogP contribution in [-0.4, -0.2) is 21.1 Å². The molecule has 0 unspecified atom stereocenters. The van der Waals surface area contributed by atoms with Gasteiger partial charge < -0.3 is 19.5 Å². The molecule has 1 N–H and O–H groups in total. The fraction of sp³-hybridized carbons (Fsp3) is 0.0909. The van der Waals surface area contributed by atoms with Crippen molar-refractivity contribution in [3.63, 3.8) is 0 Å². The molecule has 2 aliphatic rings. The van der Waals surface area contributed by atoms with Crippen LogP contribution in [0, 0.1) is 5.82 Å². The Labute approximate surface area is 265 Å². The third kappa shape index (κ3) is 4.52. The van der Waals surface area contributed by atoms with E-state index >= 15 is 4.39 Å². The second kappa shape index (κ2) is 11.2. The summed E-state index contributed by atoms with van der Waals surface area (Å²) in [6, 6.07) is 31.1. The second-order valence-corrected chi connectivity index (χ2v) is 11.6. The van der Waals surface area contributed by atoms with E-state index in [4.69, 9.17) is 27.9 Å². The maximum absolute atomic E-state index is 15.4. The first-order valence-corrected chi connectivity index (χ1v) is 15.0. The van der Waals surface area contributed by atoms with Crippen LogP contribution >= 0.6 is 39.1 Å². The summed E-state index contributed by atoms with van der Waals surface area (Å²) in [6.07, 6.45) is 5.32. The van der Waals surface area contributed by atoms with Crippen LogP contribution in [0.4, 0.5) is 4.39 Å². The summed E-state index contributed by atoms with van der Waals surface area (Å²) in [6.45, 7) is 0.549. The van der Waals surface area contributed by atoms with Gasteiger partial charge in [0.1, 0.15) is 18.0 Å². The van der Waals surface area contributed by atoms with Gasteiger partial charge in [-0.1, -0.05) is 103 Å². The zero-order valence-electron chi connectivity index (χ0n) is 22.5. The molecule has 214 valence electrons. The second-order valence-electron chi connectivity index (χ2n) is 10.1. The molecule has 0 atom stereocenters. The first kappa shape index (κ1) is 27.7. The van der Waals surface area contributed by atoms with Crippen LogP contribution in [0.1, 0.15) is 22.4 Å². The van der Waals surface area contributed by atoms with Crippen LogP contribution in [-0.2, 0) is 12.1 Å². The summed E-state index contributed by atoms with van der Waals surface area (Å²) in [7, 11) is 0. The van der Waals surface area contributed by atoms with Crippen molar-refractivity contribution < 1.29 is 9.13 Å². The van der Waals surface area contributed by atoms with Gasteiger partial charge in [-0.25, -0.2) is 9.37 Å². The quantitative estimate of drug-likeness (QED) is 0.166. The Kier molecular flexibility index (Phi) is 7.21. The minimum absolute atomic E-state index is 0.00877. The van der Waals surface area contributed by atoms with Crippen LogP contribution in [0.3, 0.4) is 0 Å². The molecule has 0 spiro atoms. The molecule has 4 aromatic carbocycles. The highest BCUT2D eigenvalue weighted by molar-refractivity contribution is 9.10. The number of hydrogen-bond donors (Lipinski definition) is 1. The Morgan fingerprint density at radius 3 is 2.07 bits per heavy atom. The van der Waals surface area contributed by atoms with E-state index in [1.54, 1.807) is 6.20 Å². The minimum atomic E-state index is -0.769. The number of hydrogen-bond acceptors (Lipinski definition) is 5. The highest BCUT2D eigenvalue weighted by atomic mass is 79.9. The standard InChI is InChI=1S/C33H23BrCl2FN5O/c34-27-28(36)30-26-31(29(27)37)43-25(35)18-41(32(26)40-19-39-30)17-24-16-38-20-42(24)33(21-10-4-1-5-11-21,22-12-6-2-7-13-22)23-14-8-3-9-15-23/h1-16,18,20,40H,17,19H2. The molecule has 0 fully saturated rings. The molecule has 0 saturated heterocycles. The number of ether oxygens (including phenoxy) is 1. The number of imidazole rings is 1. The highest BCUT2D eigenvalue weighted by Crippen LogP contribution is 2.42. The average Bonchev–Trinajstić information content (AvgIpc) is 3.45. The van der Waals surface area contributed by atoms with Crippen molar-refractivity contribution in [1.29, 1.82) is 0 Å². The number of aromatic nitrogens is 2. The predicted molar refractivity (Wildman–Crippen MR) is 168 cm³/mol. The lowest BCUT2D eigenvalue weighted by molar-refractivity contribution is 0.404. The van der Waals surface area contributed by atoms with Gasteiger partial charge in [0.15, 0.2) is 11.6 Å². The van der Waals surface area contributed by atoms with Gasteiger partial charge in [0.05, 0.1) is 51.0 Å². The lowest BCUT2D eigenvalue weighted by atomic mass is 9.76. The molecule has 7 rings (SSSR count). The summed E-state index contributed by atoms with van der Waals surface area (Å²) in [4.78, 5) is 11.0. The number of benzene rings is 4. The molecule has 0 bridgehead atoms. The molecular formula is C33H23BrCl2FN5O. The number of nitrogens with one attached hydrogen (secondary N) is 1. The average molecular weight is 675 g/mol. The number of nitrogens with zero attached hydrogens (tertiary/aromatic N) is 4. The summed E-state index contributed by atoms with van der Waals surface area (Å²) >= 11 is 16.3. The smallest absolute Gasteiger partial charge is 0.210 e. The van der Waals surface area contributed by atoms with E-state index in [2.05, 4.69) is 72.2 Å². The van der Waals surface area contributed by atoms with Crippen molar-refractivity contribution in [1.82, 2.24) is 19.8 Å². The molecule has 0 aliphatic carbocycles. The maximum Gasteiger partial charge on any atom is 0.210 e. The van der Waals surface area contributed by atoms with E-state index in [-0.39, 0.29) is 27.1 Å². The van der Waals surface area contributed by atoms with Crippen molar-refractivity contribution in [2.45, 2.75) is 12.1 Å². The Hall–Kier alpha value is -4.11. The first-order chi connectivity index (χ1) is 21.0. The normalized spacial score (nSPS) is 14.2. The van der Waals surface area contributed by atoms with Gasteiger partial charge in [-0.2, -0.15) is 0 Å². The molecule has 3 heterocycles. The fourth-order valence-corrected chi connectivity index (χ4v) is 6.72. The molecule has 2 aliphatic heterocycles. The lowest BCUT2D eigenvalue weighted by Gasteiger charge is -2.39. The van der Waals surface area contributed by atoms with Crippen molar-refractivity contribution in [2.24, 2.45) is 4.99 Å². The van der Waals surface area contributed by atoms with Crippen LogP contribution < -0.4 is 20.6 Å². The molecule has 5 aromatic rings. The molecule has 0 radical (unpaired) electrons. The van der Waals surface area contributed by atoms with Gasteiger partial charge in [-0.05, 0) is 44.2 Å². The topological polar surface area (TPSA) is 54.7 Å². The van der Waals surface area contributed by atoms with E-state index in [1.807, 2.05) is 72.0 Å². The van der Waals surface area contributed by atoms with E-state index in [9.17, 15) is 0 Å². The summed E-state index contributed by atoms with van der Waals surface area (Å²) in [5, 5.41) is 4.26. The van der Waals surface area contributed by atoms with Gasteiger partial charge in [0, 0.05) is 0 Å². The summed E-state index contributed by atoms with van der Waals surface area (Å²) in [5.41, 5.74) is 3.28. The van der Waals surface area contributed by atoms with Gasteiger partial charge in [0.25, 0.3) is 0 Å². The molecule has 6 nitrogen and oxygen atoms in total. The van der Waals surface area contributed by atoms with Crippen molar-refractivity contribution >= 4 is 45.0 Å². The highest BCUT2D eigenvalue weighted by Gasteiger charge is 2.40. The van der Waals surface area contributed by atoms with E-state index in [0.29, 0.717) is 22.9 Å². The van der Waals surface area contributed by atoms with Gasteiger partial charge in [0.2, 0.25) is 5.22 Å². The Bertz CT molecular complexity index is 1890. The number of halogens is 4. The lowest BCUT2D eigenvalue weighted by Crippen LogP contribution is -2.45. The van der Waals surface area contributed by atoms with Crippen LogP contribution in [0.25, 0.3) is 5.82 Å². The monoisotopic (exact) mass is 673 g/mol. The molecule has 0 amide bonds. The van der Waals surface area contributed by atoms with Gasteiger partial charge in [-0.15, -0.1) is 0 Å². The zero-order chi connectivity index (χ0) is 29.6. The third-order valence-electron chi connectivity index (χ3n) is 7.70. The van der Waals surface area contributed by atoms with Crippen molar-refractivity contribution in [3.05, 3.63) is 163 Å². The molecule has 10 heteroatoms.